The molecule has 0 spiro atoms. The topological polar surface area (TPSA) is 29.1 Å². The molecule has 0 heterocycles. The lowest BCUT2D eigenvalue weighted by Crippen LogP contribution is -2.29. The van der Waals surface area contributed by atoms with Crippen molar-refractivity contribution in [1.82, 2.24) is 5.32 Å². The third-order valence-electron chi connectivity index (χ3n) is 0.889. The highest BCUT2D eigenvalue weighted by Crippen LogP contribution is 1.90. The number of rotatable bonds is 2. The summed E-state index contributed by atoms with van der Waals surface area (Å²) in [4.78, 5) is 10.7. The number of hydrogen-bond acceptors (Lipinski definition) is 1. The summed E-state index contributed by atoms with van der Waals surface area (Å²) >= 11 is 5.45. The van der Waals surface area contributed by atoms with Crippen molar-refractivity contribution in [1.29, 1.82) is 0 Å². The zero-order valence-electron chi connectivity index (χ0n) is 6.07. The summed E-state index contributed by atoms with van der Waals surface area (Å²) in [6.07, 6.45) is 0. The third-order valence-corrected chi connectivity index (χ3v) is 1.09. The molecule has 3 heteroatoms. The minimum Gasteiger partial charge on any atom is -0.344 e. The molecule has 0 aliphatic carbocycles. The molecule has 0 aromatic carbocycles. The predicted molar refractivity (Wildman–Crippen MR) is 41.8 cm³/mol. The maximum atomic E-state index is 10.7. The highest BCUT2D eigenvalue weighted by Gasteiger charge is 2.05. The maximum absolute atomic E-state index is 10.7. The van der Waals surface area contributed by atoms with Gasteiger partial charge in [-0.25, -0.2) is 0 Å². The second-order valence-corrected chi connectivity index (χ2v) is 2.42. The predicted octanol–water partition coefficient (Wildman–Crippen LogP) is 0.753. The van der Waals surface area contributed by atoms with Crippen LogP contribution in [0.15, 0.2) is 0 Å². The van der Waals surface area contributed by atoms with Gasteiger partial charge in [0.2, 0.25) is 5.91 Å². The summed E-state index contributed by atoms with van der Waals surface area (Å²) in [6.45, 7) is 3.72. The Morgan fingerprint density at radius 3 is 2.80 bits per heavy atom. The lowest BCUT2D eigenvalue weighted by molar-refractivity contribution is -0.120. The summed E-state index contributed by atoms with van der Waals surface area (Å²) in [5.41, 5.74) is 0. The molecule has 1 N–H and O–H groups in total. The summed E-state index contributed by atoms with van der Waals surface area (Å²) in [5, 5.41) is 2.07. The van der Waals surface area contributed by atoms with Crippen LogP contribution in [0.25, 0.3) is 0 Å². The first-order valence-electron chi connectivity index (χ1n) is 3.00. The Bertz CT molecular complexity index is 166. The Morgan fingerprint density at radius 1 is 1.80 bits per heavy atom. The molecule has 1 unspecified atom stereocenters. The molecule has 2 nitrogen and oxygen atoms in total. The van der Waals surface area contributed by atoms with Crippen LogP contribution in [0.3, 0.4) is 0 Å². The van der Waals surface area contributed by atoms with Crippen molar-refractivity contribution in [3.63, 3.8) is 0 Å². The third kappa shape index (κ3) is 4.22. The van der Waals surface area contributed by atoms with E-state index < -0.39 is 5.38 Å². The standard InChI is InChI=1S/C7H10ClNO/c1-3-4-5-9-7(10)6(2)8/h6H,5H2,1-2H3,(H,9,10). The zero-order chi connectivity index (χ0) is 7.98. The Morgan fingerprint density at radius 2 is 2.40 bits per heavy atom. The van der Waals surface area contributed by atoms with Gasteiger partial charge in [0.15, 0.2) is 0 Å². The quantitative estimate of drug-likeness (QED) is 0.468. The van der Waals surface area contributed by atoms with Gasteiger partial charge in [-0.15, -0.1) is 17.5 Å². The Labute approximate surface area is 65.9 Å². The van der Waals surface area contributed by atoms with Crippen molar-refractivity contribution in [2.45, 2.75) is 19.2 Å². The highest BCUT2D eigenvalue weighted by atomic mass is 35.5. The van der Waals surface area contributed by atoms with Crippen LogP contribution in [0, 0.1) is 11.8 Å². The van der Waals surface area contributed by atoms with Crippen molar-refractivity contribution in [2.75, 3.05) is 6.54 Å². The van der Waals surface area contributed by atoms with Gasteiger partial charge in [-0.2, -0.15) is 0 Å². The fraction of sp³-hybridized carbons (Fsp3) is 0.571. The number of amides is 1. The highest BCUT2D eigenvalue weighted by molar-refractivity contribution is 6.30. The smallest absolute Gasteiger partial charge is 0.238 e. The zero-order valence-corrected chi connectivity index (χ0v) is 6.83. The molecular weight excluding hydrogens is 150 g/mol. The normalized spacial score (nSPS) is 11.1. The SMILES string of the molecule is CC#CCNC(=O)C(C)Cl. The molecule has 0 rings (SSSR count). The van der Waals surface area contributed by atoms with Gasteiger partial charge in [0.25, 0.3) is 0 Å². The minimum atomic E-state index is -0.473. The summed E-state index contributed by atoms with van der Waals surface area (Å²) in [5.74, 6) is 5.17. The van der Waals surface area contributed by atoms with Crippen LogP contribution in [0.1, 0.15) is 13.8 Å². The van der Waals surface area contributed by atoms with Crippen molar-refractivity contribution in [3.05, 3.63) is 0 Å². The van der Waals surface area contributed by atoms with E-state index in [-0.39, 0.29) is 5.91 Å². The first-order chi connectivity index (χ1) is 4.68. The van der Waals surface area contributed by atoms with Gasteiger partial charge >= 0.3 is 0 Å². The Balaban J connectivity index is 3.47. The number of carbonyl (C=O) groups is 1. The van der Waals surface area contributed by atoms with E-state index >= 15 is 0 Å². The average Bonchev–Trinajstić information content (AvgIpc) is 1.88. The van der Waals surface area contributed by atoms with Gasteiger partial charge in [0, 0.05) is 0 Å². The van der Waals surface area contributed by atoms with E-state index in [9.17, 15) is 4.79 Å². The molecule has 0 fully saturated rings. The maximum Gasteiger partial charge on any atom is 0.238 e. The van der Waals surface area contributed by atoms with Gasteiger partial charge in [-0.3, -0.25) is 4.79 Å². The first kappa shape index (κ1) is 9.32. The van der Waals surface area contributed by atoms with Crippen LogP contribution in [0.2, 0.25) is 0 Å². The second-order valence-electron chi connectivity index (χ2n) is 1.76. The molecule has 0 saturated carbocycles. The van der Waals surface area contributed by atoms with Crippen LogP contribution < -0.4 is 5.32 Å². The van der Waals surface area contributed by atoms with E-state index in [1.54, 1.807) is 13.8 Å². The lowest BCUT2D eigenvalue weighted by Gasteiger charge is -2.00. The second kappa shape index (κ2) is 5.13. The van der Waals surface area contributed by atoms with E-state index in [2.05, 4.69) is 17.2 Å². The molecular formula is C7H10ClNO. The van der Waals surface area contributed by atoms with Crippen LogP contribution in [-0.2, 0) is 4.79 Å². The minimum absolute atomic E-state index is 0.176. The van der Waals surface area contributed by atoms with Crippen molar-refractivity contribution in [3.8, 4) is 11.8 Å². The molecule has 10 heavy (non-hydrogen) atoms. The Hall–Kier alpha value is -0.680. The number of carbonyl (C=O) groups excluding carboxylic acids is 1. The molecule has 0 aromatic heterocycles. The number of alkyl halides is 1. The molecule has 0 saturated heterocycles. The summed E-state index contributed by atoms with van der Waals surface area (Å²) < 4.78 is 0. The van der Waals surface area contributed by atoms with E-state index in [0.717, 1.165) is 0 Å². The number of hydrogen-bond donors (Lipinski definition) is 1. The van der Waals surface area contributed by atoms with Crippen LogP contribution in [0.4, 0.5) is 0 Å². The average molecular weight is 160 g/mol. The molecule has 0 bridgehead atoms. The van der Waals surface area contributed by atoms with E-state index in [0.29, 0.717) is 6.54 Å². The van der Waals surface area contributed by atoms with Gasteiger partial charge in [-0.05, 0) is 13.8 Å². The van der Waals surface area contributed by atoms with Crippen molar-refractivity contribution < 1.29 is 4.79 Å². The molecule has 0 aromatic rings. The molecule has 0 aliphatic heterocycles. The summed E-state index contributed by atoms with van der Waals surface area (Å²) in [6, 6.07) is 0. The molecule has 1 amide bonds. The molecule has 1 atom stereocenters. The summed E-state index contributed by atoms with van der Waals surface area (Å²) in [7, 11) is 0. The van der Waals surface area contributed by atoms with Crippen LogP contribution in [0.5, 0.6) is 0 Å². The van der Waals surface area contributed by atoms with Crippen LogP contribution in [-0.4, -0.2) is 17.8 Å². The monoisotopic (exact) mass is 159 g/mol. The van der Waals surface area contributed by atoms with E-state index in [4.69, 9.17) is 11.6 Å². The molecule has 56 valence electrons. The Kier molecular flexibility index (Phi) is 4.78. The van der Waals surface area contributed by atoms with E-state index in [1.165, 1.54) is 0 Å². The van der Waals surface area contributed by atoms with Gasteiger partial charge < -0.3 is 5.32 Å². The number of nitrogens with one attached hydrogen (secondary N) is 1. The van der Waals surface area contributed by atoms with Crippen molar-refractivity contribution in [2.24, 2.45) is 0 Å². The number of halogens is 1. The van der Waals surface area contributed by atoms with Gasteiger partial charge in [0.05, 0.1) is 6.54 Å². The fourth-order valence-electron chi connectivity index (χ4n) is 0.360. The largest absolute Gasteiger partial charge is 0.344 e. The fourth-order valence-corrected chi connectivity index (χ4v) is 0.437. The first-order valence-corrected chi connectivity index (χ1v) is 3.43. The molecule has 0 radical (unpaired) electrons. The lowest BCUT2D eigenvalue weighted by atomic mass is 10.4. The van der Waals surface area contributed by atoms with Crippen molar-refractivity contribution >= 4 is 17.5 Å². The van der Waals surface area contributed by atoms with E-state index in [1.807, 2.05) is 0 Å². The van der Waals surface area contributed by atoms with Gasteiger partial charge in [0.1, 0.15) is 5.38 Å². The van der Waals surface area contributed by atoms with Crippen LogP contribution >= 0.6 is 11.6 Å². The van der Waals surface area contributed by atoms with Gasteiger partial charge in [-0.1, -0.05) is 5.92 Å². The molecule has 0 aliphatic rings.